The minimum absolute atomic E-state index is 0.0337. The molecule has 2 amide bonds. The topological polar surface area (TPSA) is 49.4 Å². The van der Waals surface area contributed by atoms with Crippen molar-refractivity contribution in [3.63, 3.8) is 0 Å². The van der Waals surface area contributed by atoms with E-state index in [4.69, 9.17) is 0 Å². The van der Waals surface area contributed by atoms with Gasteiger partial charge in [0, 0.05) is 24.6 Å². The number of hydrogen-bond donors (Lipinski definition) is 1. The smallest absolute Gasteiger partial charge is 0.243 e. The molecule has 1 saturated carbocycles. The predicted octanol–water partition coefficient (Wildman–Crippen LogP) is 5.68. The average molecular weight is 487 g/mol. The molecule has 0 aliphatic heterocycles. The van der Waals surface area contributed by atoms with Crippen molar-refractivity contribution in [2.24, 2.45) is 0 Å². The van der Waals surface area contributed by atoms with E-state index >= 15 is 0 Å². The summed E-state index contributed by atoms with van der Waals surface area (Å²) in [5.74, 6) is -0.740. The SMILES string of the molecule is Cc1ccc(CC(=O)N(Cc2ccccc2F)C(Cc2ccccc2)C(=O)NC2CCCC2)cc1C. The van der Waals surface area contributed by atoms with Crippen LogP contribution in [0.25, 0.3) is 0 Å². The normalized spacial score (nSPS) is 14.4. The lowest BCUT2D eigenvalue weighted by atomic mass is 10.00. The van der Waals surface area contributed by atoms with Gasteiger partial charge in [0.2, 0.25) is 11.8 Å². The summed E-state index contributed by atoms with van der Waals surface area (Å²) in [4.78, 5) is 29.1. The van der Waals surface area contributed by atoms with Crippen molar-refractivity contribution in [2.45, 2.75) is 71.0 Å². The molecule has 3 aromatic carbocycles. The second-order valence-corrected chi connectivity index (χ2v) is 9.90. The first-order chi connectivity index (χ1) is 17.4. The fourth-order valence-corrected chi connectivity index (χ4v) is 4.92. The van der Waals surface area contributed by atoms with Gasteiger partial charge in [0.25, 0.3) is 0 Å². The Morgan fingerprint density at radius 1 is 0.917 bits per heavy atom. The van der Waals surface area contributed by atoms with Crippen LogP contribution in [-0.2, 0) is 29.0 Å². The molecule has 0 radical (unpaired) electrons. The van der Waals surface area contributed by atoms with Gasteiger partial charge in [0.15, 0.2) is 0 Å². The summed E-state index contributed by atoms with van der Waals surface area (Å²) in [6, 6.07) is 21.5. The van der Waals surface area contributed by atoms with Crippen LogP contribution in [0, 0.1) is 19.7 Å². The predicted molar refractivity (Wildman–Crippen MR) is 141 cm³/mol. The van der Waals surface area contributed by atoms with Gasteiger partial charge in [0.05, 0.1) is 6.42 Å². The lowest BCUT2D eigenvalue weighted by molar-refractivity contribution is -0.141. The fourth-order valence-electron chi connectivity index (χ4n) is 4.92. The lowest BCUT2D eigenvalue weighted by Gasteiger charge is -2.32. The zero-order valence-electron chi connectivity index (χ0n) is 21.2. The van der Waals surface area contributed by atoms with Crippen molar-refractivity contribution in [3.8, 4) is 0 Å². The van der Waals surface area contributed by atoms with Crippen LogP contribution < -0.4 is 5.32 Å². The molecule has 1 aliphatic rings. The summed E-state index contributed by atoms with van der Waals surface area (Å²) in [6.07, 6.45) is 4.61. The van der Waals surface area contributed by atoms with Gasteiger partial charge in [-0.05, 0) is 55.0 Å². The third kappa shape index (κ3) is 6.60. The monoisotopic (exact) mass is 486 g/mol. The van der Waals surface area contributed by atoms with Gasteiger partial charge >= 0.3 is 0 Å². The first kappa shape index (κ1) is 25.6. The molecule has 0 aromatic heterocycles. The van der Waals surface area contributed by atoms with Crippen LogP contribution in [-0.4, -0.2) is 28.8 Å². The maximum absolute atomic E-state index is 14.7. The zero-order valence-corrected chi connectivity index (χ0v) is 21.2. The average Bonchev–Trinajstić information content (AvgIpc) is 3.38. The number of aryl methyl sites for hydroxylation is 2. The maximum atomic E-state index is 14.7. The van der Waals surface area contributed by atoms with E-state index in [9.17, 15) is 14.0 Å². The highest BCUT2D eigenvalue weighted by Gasteiger charge is 2.32. The molecule has 1 aliphatic carbocycles. The zero-order chi connectivity index (χ0) is 25.5. The fraction of sp³-hybridized carbons (Fsp3) is 0.355. The standard InChI is InChI=1S/C31H35FN2O2/c1-22-16-17-25(18-23(22)2)20-30(35)34(21-26-12-6-9-15-28(26)32)29(19-24-10-4-3-5-11-24)31(36)33-27-13-7-8-14-27/h3-6,9-12,15-18,27,29H,7-8,13-14,19-21H2,1-2H3,(H,33,36). The third-order valence-electron chi connectivity index (χ3n) is 7.20. The Balaban J connectivity index is 1.67. The molecule has 36 heavy (non-hydrogen) atoms. The van der Waals surface area contributed by atoms with Crippen molar-refractivity contribution >= 4 is 11.8 Å². The number of nitrogens with one attached hydrogen (secondary N) is 1. The molecule has 4 rings (SSSR count). The van der Waals surface area contributed by atoms with Gasteiger partial charge in [-0.15, -0.1) is 0 Å². The van der Waals surface area contributed by atoms with Gasteiger partial charge < -0.3 is 10.2 Å². The van der Waals surface area contributed by atoms with E-state index in [0.29, 0.717) is 12.0 Å². The van der Waals surface area contributed by atoms with Gasteiger partial charge in [-0.1, -0.05) is 79.6 Å². The Morgan fingerprint density at radius 3 is 2.31 bits per heavy atom. The van der Waals surface area contributed by atoms with Crippen LogP contribution in [0.1, 0.15) is 53.5 Å². The van der Waals surface area contributed by atoms with Crippen LogP contribution in [0.15, 0.2) is 72.8 Å². The Hall–Kier alpha value is -3.47. The summed E-state index contributed by atoms with van der Waals surface area (Å²) >= 11 is 0. The van der Waals surface area contributed by atoms with Crippen LogP contribution in [0.4, 0.5) is 4.39 Å². The number of halogens is 1. The summed E-state index contributed by atoms with van der Waals surface area (Å²) in [5, 5.41) is 3.19. The van der Waals surface area contributed by atoms with E-state index in [1.54, 1.807) is 23.1 Å². The number of carbonyl (C=O) groups excluding carboxylic acids is 2. The summed E-state index contributed by atoms with van der Waals surface area (Å²) < 4.78 is 14.7. The summed E-state index contributed by atoms with van der Waals surface area (Å²) in [6.45, 7) is 4.09. The van der Waals surface area contributed by atoms with Crippen LogP contribution in [0.3, 0.4) is 0 Å². The van der Waals surface area contributed by atoms with E-state index in [2.05, 4.69) is 5.32 Å². The Labute approximate surface area is 213 Å². The van der Waals surface area contributed by atoms with Gasteiger partial charge in [-0.2, -0.15) is 0 Å². The van der Waals surface area contributed by atoms with E-state index in [-0.39, 0.29) is 36.6 Å². The number of rotatable bonds is 9. The molecule has 1 fully saturated rings. The number of hydrogen-bond acceptors (Lipinski definition) is 2. The molecule has 188 valence electrons. The number of benzene rings is 3. The summed E-state index contributed by atoms with van der Waals surface area (Å²) in [5.41, 5.74) is 4.52. The molecule has 4 nitrogen and oxygen atoms in total. The molecule has 1 atom stereocenters. The van der Waals surface area contributed by atoms with E-state index < -0.39 is 6.04 Å². The highest BCUT2D eigenvalue weighted by atomic mass is 19.1. The summed E-state index contributed by atoms with van der Waals surface area (Å²) in [7, 11) is 0. The largest absolute Gasteiger partial charge is 0.352 e. The van der Waals surface area contributed by atoms with Gasteiger partial charge in [0.1, 0.15) is 11.9 Å². The van der Waals surface area contributed by atoms with E-state index in [0.717, 1.165) is 47.9 Å². The highest BCUT2D eigenvalue weighted by Crippen LogP contribution is 2.21. The number of nitrogens with zero attached hydrogens (tertiary/aromatic N) is 1. The van der Waals surface area contributed by atoms with Gasteiger partial charge in [-0.3, -0.25) is 9.59 Å². The molecule has 0 bridgehead atoms. The minimum Gasteiger partial charge on any atom is -0.352 e. The first-order valence-electron chi connectivity index (χ1n) is 12.8. The van der Waals surface area contributed by atoms with Crippen molar-refractivity contribution in [1.82, 2.24) is 10.2 Å². The highest BCUT2D eigenvalue weighted by molar-refractivity contribution is 5.89. The Morgan fingerprint density at radius 2 is 1.61 bits per heavy atom. The lowest BCUT2D eigenvalue weighted by Crippen LogP contribution is -2.52. The van der Waals surface area contributed by atoms with Crippen molar-refractivity contribution < 1.29 is 14.0 Å². The molecule has 0 saturated heterocycles. The van der Waals surface area contributed by atoms with Crippen LogP contribution in [0.5, 0.6) is 0 Å². The Bertz CT molecular complexity index is 1190. The molecular weight excluding hydrogens is 451 g/mol. The van der Waals surface area contributed by atoms with Crippen LogP contribution >= 0.6 is 0 Å². The molecule has 3 aromatic rings. The van der Waals surface area contributed by atoms with E-state index in [1.165, 1.54) is 6.07 Å². The second-order valence-electron chi connectivity index (χ2n) is 9.90. The number of amides is 2. The molecule has 0 heterocycles. The third-order valence-corrected chi connectivity index (χ3v) is 7.20. The van der Waals surface area contributed by atoms with E-state index in [1.807, 2.05) is 62.4 Å². The van der Waals surface area contributed by atoms with Crippen molar-refractivity contribution in [3.05, 3.63) is 106 Å². The molecular formula is C31H35FN2O2. The first-order valence-corrected chi connectivity index (χ1v) is 12.8. The van der Waals surface area contributed by atoms with Gasteiger partial charge in [-0.25, -0.2) is 4.39 Å². The van der Waals surface area contributed by atoms with Crippen LogP contribution in [0.2, 0.25) is 0 Å². The maximum Gasteiger partial charge on any atom is 0.243 e. The Kier molecular flexibility index (Phi) is 8.52. The molecule has 1 N–H and O–H groups in total. The quantitative estimate of drug-likeness (QED) is 0.423. The molecule has 5 heteroatoms. The minimum atomic E-state index is -0.744. The molecule has 1 unspecified atom stereocenters. The van der Waals surface area contributed by atoms with Crippen molar-refractivity contribution in [1.29, 1.82) is 0 Å². The second kappa shape index (κ2) is 12.0. The molecule has 0 spiro atoms. The number of carbonyl (C=O) groups is 2. The van der Waals surface area contributed by atoms with Crippen molar-refractivity contribution in [2.75, 3.05) is 0 Å².